The molecule has 0 unspecified atom stereocenters. The van der Waals surface area contributed by atoms with Crippen molar-refractivity contribution in [3.05, 3.63) is 34.9 Å². The molecule has 0 saturated heterocycles. The maximum Gasteiger partial charge on any atom is 0.103 e. The van der Waals surface area contributed by atoms with E-state index in [0.717, 1.165) is 18.6 Å². The molecular formula is C15H23NOS. The van der Waals surface area contributed by atoms with E-state index in [2.05, 4.69) is 27.7 Å². The molecule has 1 aromatic carbocycles. The predicted molar refractivity (Wildman–Crippen MR) is 80.8 cm³/mol. The Morgan fingerprint density at radius 3 is 2.50 bits per heavy atom. The molecule has 0 bridgehead atoms. The molecule has 0 aliphatic carbocycles. The van der Waals surface area contributed by atoms with Crippen LogP contribution >= 0.6 is 12.2 Å². The molecule has 1 rings (SSSR count). The van der Waals surface area contributed by atoms with Gasteiger partial charge in [0.15, 0.2) is 0 Å². The molecule has 3 heteroatoms. The summed E-state index contributed by atoms with van der Waals surface area (Å²) in [5, 5.41) is 0. The molecule has 18 heavy (non-hydrogen) atoms. The Morgan fingerprint density at radius 2 is 2.00 bits per heavy atom. The molecule has 2 N–H and O–H groups in total. The van der Waals surface area contributed by atoms with Crippen molar-refractivity contribution in [3.63, 3.8) is 0 Å². The lowest BCUT2D eigenvalue weighted by atomic mass is 9.93. The van der Waals surface area contributed by atoms with Gasteiger partial charge in [0.1, 0.15) is 4.99 Å². The number of rotatable bonds is 5. The summed E-state index contributed by atoms with van der Waals surface area (Å²) >= 11 is 4.96. The van der Waals surface area contributed by atoms with Gasteiger partial charge in [-0.3, -0.25) is 0 Å². The van der Waals surface area contributed by atoms with Gasteiger partial charge in [-0.25, -0.2) is 0 Å². The Bertz CT molecular complexity index is 421. The van der Waals surface area contributed by atoms with Crippen molar-refractivity contribution in [1.82, 2.24) is 0 Å². The van der Waals surface area contributed by atoms with E-state index in [0.29, 0.717) is 17.0 Å². The van der Waals surface area contributed by atoms with Crippen molar-refractivity contribution in [2.75, 3.05) is 6.61 Å². The van der Waals surface area contributed by atoms with Crippen molar-refractivity contribution >= 4 is 17.2 Å². The Balaban J connectivity index is 2.51. The van der Waals surface area contributed by atoms with E-state index >= 15 is 0 Å². The zero-order chi connectivity index (χ0) is 13.8. The van der Waals surface area contributed by atoms with Gasteiger partial charge in [0.2, 0.25) is 0 Å². The van der Waals surface area contributed by atoms with E-state index in [1.807, 2.05) is 18.2 Å². The minimum atomic E-state index is 0.324. The Morgan fingerprint density at radius 1 is 1.33 bits per heavy atom. The lowest BCUT2D eigenvalue weighted by Gasteiger charge is -2.18. The molecule has 0 radical (unpaired) electrons. The number of ether oxygens (including phenoxy) is 1. The number of hydrogen-bond donors (Lipinski definition) is 1. The van der Waals surface area contributed by atoms with Crippen molar-refractivity contribution in [2.24, 2.45) is 11.1 Å². The van der Waals surface area contributed by atoms with Crippen molar-refractivity contribution in [3.8, 4) is 0 Å². The van der Waals surface area contributed by atoms with Gasteiger partial charge in [0, 0.05) is 12.2 Å². The highest BCUT2D eigenvalue weighted by Crippen LogP contribution is 2.19. The molecule has 0 fully saturated rings. The van der Waals surface area contributed by atoms with Gasteiger partial charge in [0.25, 0.3) is 0 Å². The van der Waals surface area contributed by atoms with E-state index in [9.17, 15) is 0 Å². The van der Waals surface area contributed by atoms with Crippen LogP contribution in [0.2, 0.25) is 0 Å². The first kappa shape index (κ1) is 15.1. The molecule has 0 atom stereocenters. The maximum absolute atomic E-state index is 5.71. The van der Waals surface area contributed by atoms with Crippen LogP contribution in [0.25, 0.3) is 0 Å². The second-order valence-corrected chi connectivity index (χ2v) is 6.31. The zero-order valence-corrected chi connectivity index (χ0v) is 12.6. The molecule has 1 aromatic rings. The molecule has 0 aliphatic heterocycles. The zero-order valence-electron chi connectivity index (χ0n) is 11.7. The molecular weight excluding hydrogens is 242 g/mol. The summed E-state index contributed by atoms with van der Waals surface area (Å²) in [6, 6.07) is 6.02. The topological polar surface area (TPSA) is 35.2 Å². The van der Waals surface area contributed by atoms with Crippen LogP contribution in [0.4, 0.5) is 0 Å². The molecule has 0 aromatic heterocycles. The standard InChI is InChI=1S/C15H23NOS/c1-11-9-12(14(16)18)5-6-13(11)10-17-8-7-15(2,3)4/h5-6,9H,7-8,10H2,1-4H3,(H2,16,18). The number of aryl methyl sites for hydroxylation is 1. The van der Waals surface area contributed by atoms with Gasteiger partial charge >= 0.3 is 0 Å². The van der Waals surface area contributed by atoms with Crippen LogP contribution < -0.4 is 5.73 Å². The van der Waals surface area contributed by atoms with Crippen LogP contribution in [0.5, 0.6) is 0 Å². The van der Waals surface area contributed by atoms with E-state index in [1.165, 1.54) is 11.1 Å². The Labute approximate surface area is 116 Å². The molecule has 2 nitrogen and oxygen atoms in total. The summed E-state index contributed by atoms with van der Waals surface area (Å²) in [5.41, 5.74) is 9.22. The summed E-state index contributed by atoms with van der Waals surface area (Å²) in [7, 11) is 0. The second-order valence-electron chi connectivity index (χ2n) is 5.87. The highest BCUT2D eigenvalue weighted by Gasteiger charge is 2.09. The summed E-state index contributed by atoms with van der Waals surface area (Å²) in [4.78, 5) is 0.443. The van der Waals surface area contributed by atoms with Gasteiger partial charge in [-0.2, -0.15) is 0 Å². The van der Waals surface area contributed by atoms with Crippen LogP contribution in [0.15, 0.2) is 18.2 Å². The van der Waals surface area contributed by atoms with E-state index in [1.54, 1.807) is 0 Å². The van der Waals surface area contributed by atoms with Crippen LogP contribution in [0.3, 0.4) is 0 Å². The predicted octanol–water partition coefficient (Wildman–Crippen LogP) is 3.58. The largest absolute Gasteiger partial charge is 0.389 e. The highest BCUT2D eigenvalue weighted by molar-refractivity contribution is 7.80. The molecule has 0 saturated carbocycles. The average Bonchev–Trinajstić information content (AvgIpc) is 2.24. The molecule has 0 heterocycles. The summed E-state index contributed by atoms with van der Waals surface area (Å²) in [5.74, 6) is 0. The lowest BCUT2D eigenvalue weighted by Crippen LogP contribution is -2.11. The monoisotopic (exact) mass is 265 g/mol. The summed E-state index contributed by atoms with van der Waals surface area (Å²) < 4.78 is 5.71. The number of nitrogens with two attached hydrogens (primary N) is 1. The quantitative estimate of drug-likeness (QED) is 0.653. The third-order valence-corrected chi connectivity index (χ3v) is 3.12. The van der Waals surface area contributed by atoms with E-state index < -0.39 is 0 Å². The van der Waals surface area contributed by atoms with Crippen molar-refractivity contribution < 1.29 is 4.74 Å². The lowest BCUT2D eigenvalue weighted by molar-refractivity contribution is 0.0959. The van der Waals surface area contributed by atoms with Crippen LogP contribution in [0.1, 0.15) is 43.9 Å². The minimum Gasteiger partial charge on any atom is -0.389 e. The van der Waals surface area contributed by atoms with Gasteiger partial charge in [0.05, 0.1) is 6.61 Å². The molecule has 100 valence electrons. The number of benzene rings is 1. The molecule has 0 amide bonds. The van der Waals surface area contributed by atoms with E-state index in [-0.39, 0.29) is 0 Å². The first-order valence-electron chi connectivity index (χ1n) is 6.27. The normalized spacial score (nSPS) is 11.6. The fourth-order valence-electron chi connectivity index (χ4n) is 1.57. The smallest absolute Gasteiger partial charge is 0.103 e. The summed E-state index contributed by atoms with van der Waals surface area (Å²) in [6.07, 6.45) is 1.07. The highest BCUT2D eigenvalue weighted by atomic mass is 32.1. The van der Waals surface area contributed by atoms with Gasteiger partial charge in [-0.05, 0) is 36.0 Å². The second kappa shape index (κ2) is 6.30. The van der Waals surface area contributed by atoms with Crippen LogP contribution in [-0.4, -0.2) is 11.6 Å². The number of thiocarbonyl (C=S) groups is 1. The molecule has 0 spiro atoms. The molecule has 0 aliphatic rings. The third-order valence-electron chi connectivity index (χ3n) is 2.88. The van der Waals surface area contributed by atoms with Gasteiger partial charge in [-0.1, -0.05) is 45.1 Å². The number of hydrogen-bond acceptors (Lipinski definition) is 2. The van der Waals surface area contributed by atoms with Crippen LogP contribution in [0, 0.1) is 12.3 Å². The average molecular weight is 265 g/mol. The SMILES string of the molecule is Cc1cc(C(N)=S)ccc1COCCC(C)(C)C. The first-order valence-corrected chi connectivity index (χ1v) is 6.67. The fourth-order valence-corrected chi connectivity index (χ4v) is 1.70. The minimum absolute atomic E-state index is 0.324. The van der Waals surface area contributed by atoms with E-state index in [4.69, 9.17) is 22.7 Å². The third kappa shape index (κ3) is 5.15. The van der Waals surface area contributed by atoms with Gasteiger partial charge < -0.3 is 10.5 Å². The Hall–Kier alpha value is -0.930. The fraction of sp³-hybridized carbons (Fsp3) is 0.533. The summed E-state index contributed by atoms with van der Waals surface area (Å²) in [6.45, 7) is 10.2. The maximum atomic E-state index is 5.71. The van der Waals surface area contributed by atoms with Crippen LogP contribution in [-0.2, 0) is 11.3 Å². The van der Waals surface area contributed by atoms with Gasteiger partial charge in [-0.15, -0.1) is 0 Å². The van der Waals surface area contributed by atoms with Crippen molar-refractivity contribution in [1.29, 1.82) is 0 Å². The first-order chi connectivity index (χ1) is 8.29. The Kier molecular flexibility index (Phi) is 5.29. The van der Waals surface area contributed by atoms with Crippen molar-refractivity contribution in [2.45, 2.75) is 40.7 Å².